The van der Waals surface area contributed by atoms with E-state index in [1.165, 1.54) is 12.3 Å². The van der Waals surface area contributed by atoms with Crippen molar-refractivity contribution in [2.24, 2.45) is 0 Å². The minimum absolute atomic E-state index is 0.257. The Morgan fingerprint density at radius 3 is 2.94 bits per heavy atom. The van der Waals surface area contributed by atoms with Crippen LogP contribution in [0.1, 0.15) is 6.92 Å². The number of halogens is 1. The normalized spacial score (nSPS) is 11.0. The third-order valence-corrected chi connectivity index (χ3v) is 2.52. The Balaban J connectivity index is 2.61. The van der Waals surface area contributed by atoms with Gasteiger partial charge in [0.2, 0.25) is 0 Å². The van der Waals surface area contributed by atoms with Gasteiger partial charge in [0.25, 0.3) is 5.52 Å². The molecule has 0 spiro atoms. The van der Waals surface area contributed by atoms with E-state index in [1.807, 2.05) is 6.92 Å². The van der Waals surface area contributed by atoms with Gasteiger partial charge in [0.15, 0.2) is 0 Å². The number of anilines is 1. The molecular weight excluding hydrogens is 252 g/mol. The lowest BCUT2D eigenvalue weighted by molar-refractivity contribution is -0.641. The first-order chi connectivity index (χ1) is 8.65. The minimum Gasteiger partial charge on any atom is -0.594 e. The van der Waals surface area contributed by atoms with Crippen molar-refractivity contribution in [2.75, 3.05) is 4.90 Å². The highest BCUT2D eigenvalue weighted by Crippen LogP contribution is 2.16. The molecule has 0 atom stereocenters. The number of nitrogens with zero attached hydrogens (tertiary/aromatic N) is 4. The summed E-state index contributed by atoms with van der Waals surface area (Å²) in [5, 5.41) is 16.1. The molecule has 1 aromatic carbocycles. The van der Waals surface area contributed by atoms with Crippen molar-refractivity contribution in [3.8, 4) is 0 Å². The SMILES string of the molecule is C=CN(/C=C\C)c1nc2ccc(Cl)cc2[n+]([O-])n1. The fourth-order valence-electron chi connectivity index (χ4n) is 1.49. The number of fused-ring (bicyclic) bond motifs is 1. The van der Waals surface area contributed by atoms with Gasteiger partial charge < -0.3 is 5.21 Å². The van der Waals surface area contributed by atoms with Crippen LogP contribution >= 0.6 is 11.6 Å². The first kappa shape index (κ1) is 12.3. The molecular formula is C12H11ClN4O. The number of hydrogen-bond donors (Lipinski definition) is 0. The Labute approximate surface area is 109 Å². The van der Waals surface area contributed by atoms with Gasteiger partial charge in [-0.15, -0.1) is 0 Å². The first-order valence-electron chi connectivity index (χ1n) is 5.26. The van der Waals surface area contributed by atoms with Crippen molar-refractivity contribution < 1.29 is 4.85 Å². The van der Waals surface area contributed by atoms with Crippen molar-refractivity contribution in [3.05, 3.63) is 53.5 Å². The van der Waals surface area contributed by atoms with Gasteiger partial charge in [-0.3, -0.25) is 4.90 Å². The minimum atomic E-state index is 0.257. The lowest BCUT2D eigenvalue weighted by Crippen LogP contribution is -2.34. The summed E-state index contributed by atoms with van der Waals surface area (Å²) < 4.78 is 0. The third kappa shape index (κ3) is 2.26. The van der Waals surface area contributed by atoms with E-state index in [1.54, 1.807) is 29.3 Å². The molecule has 6 heteroatoms. The van der Waals surface area contributed by atoms with Crippen LogP contribution in [-0.2, 0) is 0 Å². The number of allylic oxidation sites excluding steroid dienone is 1. The monoisotopic (exact) mass is 262 g/mol. The highest BCUT2D eigenvalue weighted by Gasteiger charge is 2.13. The zero-order chi connectivity index (χ0) is 13.1. The van der Waals surface area contributed by atoms with Gasteiger partial charge in [-0.25, -0.2) is 4.98 Å². The van der Waals surface area contributed by atoms with Crippen LogP contribution in [0.25, 0.3) is 11.0 Å². The second kappa shape index (κ2) is 5.01. The number of rotatable bonds is 3. The summed E-state index contributed by atoms with van der Waals surface area (Å²) in [4.78, 5) is 6.34. The summed E-state index contributed by atoms with van der Waals surface area (Å²) >= 11 is 5.82. The lowest BCUT2D eigenvalue weighted by Gasteiger charge is -2.11. The smallest absolute Gasteiger partial charge is 0.301 e. The van der Waals surface area contributed by atoms with Crippen molar-refractivity contribution in [1.82, 2.24) is 10.1 Å². The Morgan fingerprint density at radius 1 is 1.50 bits per heavy atom. The van der Waals surface area contributed by atoms with Crippen LogP contribution in [0.2, 0.25) is 5.02 Å². The van der Waals surface area contributed by atoms with Crippen molar-refractivity contribution in [2.45, 2.75) is 6.92 Å². The van der Waals surface area contributed by atoms with Gasteiger partial charge in [-0.2, -0.15) is 0 Å². The van der Waals surface area contributed by atoms with Crippen molar-refractivity contribution in [3.63, 3.8) is 0 Å². The van der Waals surface area contributed by atoms with Crippen molar-refractivity contribution in [1.29, 1.82) is 0 Å². The zero-order valence-electron chi connectivity index (χ0n) is 9.75. The van der Waals surface area contributed by atoms with Crippen LogP contribution in [0.3, 0.4) is 0 Å². The molecule has 1 heterocycles. The number of hydrogen-bond acceptors (Lipinski definition) is 4. The maximum Gasteiger partial charge on any atom is 0.301 e. The highest BCUT2D eigenvalue weighted by atomic mass is 35.5. The largest absolute Gasteiger partial charge is 0.594 e. The second-order valence-corrected chi connectivity index (χ2v) is 3.93. The summed E-state index contributed by atoms with van der Waals surface area (Å²) in [6.07, 6.45) is 5.04. The molecule has 0 saturated heterocycles. The fraction of sp³-hybridized carbons (Fsp3) is 0.0833. The summed E-state index contributed by atoms with van der Waals surface area (Å²) in [6, 6.07) is 4.88. The molecule has 2 aromatic rings. The van der Waals surface area contributed by atoms with E-state index in [9.17, 15) is 5.21 Å². The first-order valence-corrected chi connectivity index (χ1v) is 5.64. The topological polar surface area (TPSA) is 56.0 Å². The van der Waals surface area contributed by atoms with Crippen LogP contribution in [0.15, 0.2) is 43.3 Å². The summed E-state index contributed by atoms with van der Waals surface area (Å²) in [6.45, 7) is 5.49. The molecule has 18 heavy (non-hydrogen) atoms. The molecule has 2 rings (SSSR count). The maximum absolute atomic E-state index is 11.8. The molecule has 0 bridgehead atoms. The van der Waals surface area contributed by atoms with E-state index in [0.29, 0.717) is 20.9 Å². The van der Waals surface area contributed by atoms with E-state index < -0.39 is 0 Å². The molecule has 0 fully saturated rings. The Hall–Kier alpha value is -2.14. The Kier molecular flexibility index (Phi) is 3.43. The quantitative estimate of drug-likeness (QED) is 0.630. The van der Waals surface area contributed by atoms with E-state index in [2.05, 4.69) is 16.7 Å². The molecule has 0 amide bonds. The molecule has 0 saturated carbocycles. The standard InChI is InChI=1S/C12H11ClN4O/c1-3-7-16(4-2)12-14-10-6-5-9(13)8-11(10)17(18)15-12/h3-8H,2H2,1H3/b7-3-. The van der Waals surface area contributed by atoms with E-state index in [4.69, 9.17) is 11.6 Å². The summed E-state index contributed by atoms with van der Waals surface area (Å²) in [7, 11) is 0. The third-order valence-electron chi connectivity index (χ3n) is 2.28. The van der Waals surface area contributed by atoms with Gasteiger partial charge in [-0.1, -0.05) is 24.3 Å². The van der Waals surface area contributed by atoms with Crippen LogP contribution in [0.5, 0.6) is 0 Å². The van der Waals surface area contributed by atoms with Gasteiger partial charge in [-0.05, 0) is 23.9 Å². The Bertz CT molecular complexity index is 627. The molecule has 0 radical (unpaired) electrons. The predicted octanol–water partition coefficient (Wildman–Crippen LogP) is 2.40. The molecule has 0 aliphatic carbocycles. The van der Waals surface area contributed by atoms with Crippen molar-refractivity contribution >= 4 is 28.6 Å². The van der Waals surface area contributed by atoms with Crippen LogP contribution < -0.4 is 9.75 Å². The average Bonchev–Trinajstić information content (AvgIpc) is 2.36. The highest BCUT2D eigenvalue weighted by molar-refractivity contribution is 6.31. The summed E-state index contributed by atoms with van der Waals surface area (Å²) in [5.41, 5.74) is 0.853. The van der Waals surface area contributed by atoms with Gasteiger partial charge in [0.1, 0.15) is 5.52 Å². The van der Waals surface area contributed by atoms with E-state index in [0.717, 1.165) is 0 Å². The summed E-state index contributed by atoms with van der Waals surface area (Å²) in [5.74, 6) is 0.257. The number of benzene rings is 1. The molecule has 5 nitrogen and oxygen atoms in total. The van der Waals surface area contributed by atoms with E-state index >= 15 is 0 Å². The Morgan fingerprint density at radius 2 is 2.28 bits per heavy atom. The maximum atomic E-state index is 11.8. The lowest BCUT2D eigenvalue weighted by atomic mass is 10.3. The van der Waals surface area contributed by atoms with Crippen LogP contribution in [0.4, 0.5) is 5.95 Å². The van der Waals surface area contributed by atoms with Crippen LogP contribution in [-0.4, -0.2) is 10.1 Å². The predicted molar refractivity (Wildman–Crippen MR) is 71.0 cm³/mol. The second-order valence-electron chi connectivity index (χ2n) is 3.49. The van der Waals surface area contributed by atoms with Gasteiger partial charge in [0, 0.05) is 23.5 Å². The van der Waals surface area contributed by atoms with Gasteiger partial charge in [0.05, 0.1) is 5.10 Å². The fourth-order valence-corrected chi connectivity index (χ4v) is 1.66. The van der Waals surface area contributed by atoms with Gasteiger partial charge >= 0.3 is 5.95 Å². The number of aromatic nitrogens is 3. The molecule has 1 aromatic heterocycles. The average molecular weight is 263 g/mol. The van der Waals surface area contributed by atoms with E-state index in [-0.39, 0.29) is 5.95 Å². The molecule has 0 aliphatic heterocycles. The molecule has 0 N–H and O–H groups in total. The molecule has 0 unspecified atom stereocenters. The van der Waals surface area contributed by atoms with Crippen LogP contribution in [0, 0.1) is 5.21 Å². The molecule has 92 valence electrons. The zero-order valence-corrected chi connectivity index (χ0v) is 10.5. The molecule has 0 aliphatic rings.